The normalized spacial score (nSPS) is 12.4. The highest BCUT2D eigenvalue weighted by Crippen LogP contribution is 2.34. The van der Waals surface area contributed by atoms with Crippen molar-refractivity contribution in [3.63, 3.8) is 0 Å². The summed E-state index contributed by atoms with van der Waals surface area (Å²) in [5, 5.41) is 9.68. The predicted octanol–water partition coefficient (Wildman–Crippen LogP) is 6.92. The second-order valence-electron chi connectivity index (χ2n) is 7.32. The van der Waals surface area contributed by atoms with Crippen molar-refractivity contribution in [1.29, 1.82) is 0 Å². The molecule has 0 aliphatic rings. The molecule has 1 N–H and O–H groups in total. The molecule has 3 aromatic carbocycles. The van der Waals surface area contributed by atoms with Gasteiger partial charge < -0.3 is 9.84 Å². The van der Waals surface area contributed by atoms with Crippen LogP contribution < -0.4 is 4.74 Å². The van der Waals surface area contributed by atoms with Crippen LogP contribution in [0.1, 0.15) is 42.4 Å². The van der Waals surface area contributed by atoms with Gasteiger partial charge in [0.2, 0.25) is 0 Å². The van der Waals surface area contributed by atoms with Gasteiger partial charge >= 0.3 is 12.1 Å². The molecule has 3 rings (SSSR count). The Hall–Kier alpha value is -3.28. The molecule has 31 heavy (non-hydrogen) atoms. The van der Waals surface area contributed by atoms with Crippen molar-refractivity contribution in [2.24, 2.45) is 0 Å². The van der Waals surface area contributed by atoms with Crippen LogP contribution in [0.15, 0.2) is 72.8 Å². The lowest BCUT2D eigenvalue weighted by atomic mass is 9.91. The standard InChI is InChI=1S/C25H23F3O3/c1-2-6-23(24(29)30)20-13-19(18-9-11-21(12-10-18)25(26,27)28)14-22(15-20)31-16-17-7-4-3-5-8-17/h3-5,7-15,23H,2,6,16H2,1H3,(H,29,30). The number of carboxylic acid groups (broad SMARTS) is 1. The van der Waals surface area contributed by atoms with Crippen molar-refractivity contribution in [2.75, 3.05) is 0 Å². The smallest absolute Gasteiger partial charge is 0.416 e. The molecule has 1 atom stereocenters. The Bertz CT molecular complexity index is 1010. The number of halogens is 3. The Morgan fingerprint density at radius 3 is 2.23 bits per heavy atom. The van der Waals surface area contributed by atoms with Crippen LogP contribution >= 0.6 is 0 Å². The van der Waals surface area contributed by atoms with Crippen molar-refractivity contribution in [1.82, 2.24) is 0 Å². The lowest BCUT2D eigenvalue weighted by Crippen LogP contribution is -2.12. The molecule has 0 saturated carbocycles. The Labute approximate surface area is 179 Å². The second-order valence-corrected chi connectivity index (χ2v) is 7.32. The summed E-state index contributed by atoms with van der Waals surface area (Å²) in [7, 11) is 0. The van der Waals surface area contributed by atoms with E-state index in [4.69, 9.17) is 4.74 Å². The summed E-state index contributed by atoms with van der Waals surface area (Å²) >= 11 is 0. The number of carbonyl (C=O) groups is 1. The SMILES string of the molecule is CCCC(C(=O)O)c1cc(OCc2ccccc2)cc(-c2ccc(C(F)(F)F)cc2)c1. The van der Waals surface area contributed by atoms with E-state index in [2.05, 4.69) is 0 Å². The van der Waals surface area contributed by atoms with Gasteiger partial charge in [-0.05, 0) is 52.9 Å². The molecular weight excluding hydrogens is 405 g/mol. The van der Waals surface area contributed by atoms with Crippen molar-refractivity contribution in [3.05, 3.63) is 89.5 Å². The monoisotopic (exact) mass is 428 g/mol. The predicted molar refractivity (Wildman–Crippen MR) is 113 cm³/mol. The largest absolute Gasteiger partial charge is 0.489 e. The van der Waals surface area contributed by atoms with Gasteiger partial charge in [-0.1, -0.05) is 61.9 Å². The maximum Gasteiger partial charge on any atom is 0.416 e. The van der Waals surface area contributed by atoms with Crippen molar-refractivity contribution in [2.45, 2.75) is 38.5 Å². The zero-order valence-electron chi connectivity index (χ0n) is 17.0. The topological polar surface area (TPSA) is 46.5 Å². The van der Waals surface area contributed by atoms with Gasteiger partial charge in [0.25, 0.3) is 0 Å². The number of alkyl halides is 3. The van der Waals surface area contributed by atoms with E-state index >= 15 is 0 Å². The van der Waals surface area contributed by atoms with Gasteiger partial charge in [-0.15, -0.1) is 0 Å². The molecule has 0 fully saturated rings. The minimum Gasteiger partial charge on any atom is -0.489 e. The number of carboxylic acids is 1. The first kappa shape index (κ1) is 22.4. The van der Waals surface area contributed by atoms with Crippen LogP contribution in [0.25, 0.3) is 11.1 Å². The van der Waals surface area contributed by atoms with E-state index in [1.54, 1.807) is 18.2 Å². The van der Waals surface area contributed by atoms with Crippen LogP contribution in [0.4, 0.5) is 13.2 Å². The quantitative estimate of drug-likeness (QED) is 0.424. The molecule has 1 unspecified atom stereocenters. The third-order valence-electron chi connectivity index (χ3n) is 5.00. The second kappa shape index (κ2) is 9.69. The molecule has 3 nitrogen and oxygen atoms in total. The van der Waals surface area contributed by atoms with E-state index in [0.717, 1.165) is 17.7 Å². The van der Waals surface area contributed by atoms with Gasteiger partial charge in [0.1, 0.15) is 12.4 Å². The van der Waals surface area contributed by atoms with Gasteiger partial charge in [0.05, 0.1) is 11.5 Å². The average Bonchev–Trinajstić information content (AvgIpc) is 2.76. The van der Waals surface area contributed by atoms with Gasteiger partial charge in [0.15, 0.2) is 0 Å². The van der Waals surface area contributed by atoms with E-state index in [-0.39, 0.29) is 0 Å². The molecular formula is C25H23F3O3. The van der Waals surface area contributed by atoms with Gasteiger partial charge in [0, 0.05) is 0 Å². The molecule has 6 heteroatoms. The van der Waals surface area contributed by atoms with Crippen molar-refractivity contribution >= 4 is 5.97 Å². The summed E-state index contributed by atoms with van der Waals surface area (Å²) in [5.41, 5.74) is 1.95. The zero-order valence-corrected chi connectivity index (χ0v) is 17.0. The van der Waals surface area contributed by atoms with Gasteiger partial charge in [-0.2, -0.15) is 13.2 Å². The zero-order chi connectivity index (χ0) is 22.4. The molecule has 0 bridgehead atoms. The molecule has 3 aromatic rings. The van der Waals surface area contributed by atoms with Crippen LogP contribution in [0.2, 0.25) is 0 Å². The Morgan fingerprint density at radius 1 is 0.968 bits per heavy atom. The van der Waals surface area contributed by atoms with E-state index < -0.39 is 23.6 Å². The van der Waals surface area contributed by atoms with E-state index in [1.807, 2.05) is 37.3 Å². The van der Waals surface area contributed by atoms with E-state index in [9.17, 15) is 23.1 Å². The number of ether oxygens (including phenoxy) is 1. The molecule has 0 amide bonds. The molecule has 0 aliphatic carbocycles. The van der Waals surface area contributed by atoms with Crippen molar-refractivity contribution in [3.8, 4) is 16.9 Å². The Kier molecular flexibility index (Phi) is 7.00. The van der Waals surface area contributed by atoms with Crippen LogP contribution in [0.3, 0.4) is 0 Å². The molecule has 0 aromatic heterocycles. The maximum absolute atomic E-state index is 12.9. The number of hydrogen-bond acceptors (Lipinski definition) is 2. The molecule has 0 spiro atoms. The van der Waals surface area contributed by atoms with E-state index in [1.165, 1.54) is 12.1 Å². The molecule has 0 saturated heterocycles. The number of rotatable bonds is 8. The highest BCUT2D eigenvalue weighted by molar-refractivity contribution is 5.78. The van der Waals surface area contributed by atoms with Gasteiger partial charge in [-0.25, -0.2) is 0 Å². The van der Waals surface area contributed by atoms with Crippen LogP contribution in [-0.4, -0.2) is 11.1 Å². The number of aliphatic carboxylic acids is 1. The van der Waals surface area contributed by atoms with Crippen molar-refractivity contribution < 1.29 is 27.8 Å². The molecule has 0 aliphatic heterocycles. The maximum atomic E-state index is 12.9. The summed E-state index contributed by atoms with van der Waals surface area (Å²) in [6.07, 6.45) is -3.29. The highest BCUT2D eigenvalue weighted by atomic mass is 19.4. The minimum absolute atomic E-state index is 0.294. The fraction of sp³-hybridized carbons (Fsp3) is 0.240. The molecule has 162 valence electrons. The number of hydrogen-bond donors (Lipinski definition) is 1. The van der Waals surface area contributed by atoms with Crippen LogP contribution in [-0.2, 0) is 17.6 Å². The van der Waals surface area contributed by atoms with Crippen LogP contribution in [0, 0.1) is 0 Å². The third-order valence-corrected chi connectivity index (χ3v) is 5.00. The fourth-order valence-electron chi connectivity index (χ4n) is 3.39. The van der Waals surface area contributed by atoms with E-state index in [0.29, 0.717) is 41.9 Å². The van der Waals surface area contributed by atoms with Gasteiger partial charge in [-0.3, -0.25) is 4.79 Å². The fourth-order valence-corrected chi connectivity index (χ4v) is 3.39. The highest BCUT2D eigenvalue weighted by Gasteiger charge is 2.30. The summed E-state index contributed by atoms with van der Waals surface area (Å²) in [6.45, 7) is 2.20. The molecule has 0 radical (unpaired) electrons. The Balaban J connectivity index is 1.98. The minimum atomic E-state index is -4.42. The summed E-state index contributed by atoms with van der Waals surface area (Å²) in [4.78, 5) is 11.8. The van der Waals surface area contributed by atoms with Crippen LogP contribution in [0.5, 0.6) is 5.75 Å². The summed E-state index contributed by atoms with van der Waals surface area (Å²) < 4.78 is 44.6. The summed E-state index contributed by atoms with van der Waals surface area (Å²) in [6, 6.07) is 19.5. The summed E-state index contributed by atoms with van der Waals surface area (Å²) in [5.74, 6) is -1.20. The number of benzene rings is 3. The molecule has 0 heterocycles. The third kappa shape index (κ3) is 5.87. The average molecular weight is 428 g/mol. The first-order chi connectivity index (χ1) is 14.8. The Morgan fingerprint density at radius 2 is 1.65 bits per heavy atom. The first-order valence-corrected chi connectivity index (χ1v) is 10.00. The lowest BCUT2D eigenvalue weighted by molar-refractivity contribution is -0.139. The first-order valence-electron chi connectivity index (χ1n) is 10.00. The lowest BCUT2D eigenvalue weighted by Gasteiger charge is -2.16.